The molecule has 5 nitrogen and oxygen atoms in total. The van der Waals surface area contributed by atoms with E-state index < -0.39 is 18.2 Å². The Morgan fingerprint density at radius 1 is 1.00 bits per heavy atom. The van der Waals surface area contributed by atoms with Gasteiger partial charge in [-0.05, 0) is 31.6 Å². The lowest BCUT2D eigenvalue weighted by Gasteiger charge is -2.19. The molecule has 148 valence electrons. The first-order valence-corrected chi connectivity index (χ1v) is 9.87. The Hall–Kier alpha value is -1.46. The summed E-state index contributed by atoms with van der Waals surface area (Å²) in [5, 5.41) is 29.0. The molecule has 1 aliphatic carbocycles. The number of aliphatic hydroxyl groups excluding tert-OH is 2. The number of aliphatic carboxylic acids is 1. The second-order valence-electron chi connectivity index (χ2n) is 7.23. The van der Waals surface area contributed by atoms with Crippen LogP contribution in [0, 0.1) is 11.8 Å². The summed E-state index contributed by atoms with van der Waals surface area (Å²) in [5.74, 6) is -0.774. The van der Waals surface area contributed by atoms with Gasteiger partial charge in [-0.3, -0.25) is 9.59 Å². The van der Waals surface area contributed by atoms with Crippen molar-refractivity contribution in [2.75, 3.05) is 0 Å². The van der Waals surface area contributed by atoms with Crippen LogP contribution in [-0.4, -0.2) is 39.3 Å². The molecule has 1 aliphatic rings. The number of carboxylic acids is 1. The molecule has 0 radical (unpaired) electrons. The molecule has 1 fully saturated rings. The van der Waals surface area contributed by atoms with Gasteiger partial charge >= 0.3 is 5.97 Å². The second kappa shape index (κ2) is 12.8. The molecular weight excluding hydrogens is 332 g/mol. The molecule has 0 saturated heterocycles. The smallest absolute Gasteiger partial charge is 0.303 e. The highest BCUT2D eigenvalue weighted by Crippen LogP contribution is 2.36. The molecular formula is C21H34O5. The lowest BCUT2D eigenvalue weighted by Crippen LogP contribution is -2.19. The summed E-state index contributed by atoms with van der Waals surface area (Å²) < 4.78 is 0. The highest BCUT2D eigenvalue weighted by Gasteiger charge is 2.39. The van der Waals surface area contributed by atoms with Crippen LogP contribution < -0.4 is 0 Å². The Morgan fingerprint density at radius 3 is 2.46 bits per heavy atom. The normalized spacial score (nSPS) is 26.1. The molecule has 0 aromatic heterocycles. The average molecular weight is 366 g/mol. The molecule has 0 spiro atoms. The Bertz CT molecular complexity index is 483. The summed E-state index contributed by atoms with van der Waals surface area (Å²) in [4.78, 5) is 22.3. The zero-order valence-corrected chi connectivity index (χ0v) is 15.8. The lowest BCUT2D eigenvalue weighted by atomic mass is 9.89. The van der Waals surface area contributed by atoms with Gasteiger partial charge < -0.3 is 15.3 Å². The minimum absolute atomic E-state index is 0.0628. The highest BCUT2D eigenvalue weighted by molar-refractivity contribution is 5.79. The van der Waals surface area contributed by atoms with Crippen molar-refractivity contribution in [1.82, 2.24) is 0 Å². The molecule has 0 aromatic rings. The third-order valence-corrected chi connectivity index (χ3v) is 5.02. The molecule has 5 heteroatoms. The average Bonchev–Trinajstić information content (AvgIpc) is 2.84. The Kier molecular flexibility index (Phi) is 11.1. The zero-order chi connectivity index (χ0) is 19.4. The maximum absolute atomic E-state index is 11.8. The van der Waals surface area contributed by atoms with Crippen LogP contribution in [-0.2, 0) is 9.59 Å². The summed E-state index contributed by atoms with van der Waals surface area (Å²) in [7, 11) is 0. The maximum Gasteiger partial charge on any atom is 0.303 e. The fourth-order valence-corrected chi connectivity index (χ4v) is 3.48. The van der Waals surface area contributed by atoms with Gasteiger partial charge in [0, 0.05) is 31.6 Å². The number of allylic oxidation sites excluding steroid dienone is 3. The number of hydrogen-bond acceptors (Lipinski definition) is 4. The van der Waals surface area contributed by atoms with Crippen molar-refractivity contribution >= 4 is 11.8 Å². The van der Waals surface area contributed by atoms with Crippen molar-refractivity contribution in [3.05, 3.63) is 24.3 Å². The second-order valence-corrected chi connectivity index (χ2v) is 7.23. The van der Waals surface area contributed by atoms with Crippen molar-refractivity contribution in [3.8, 4) is 0 Å². The number of carbonyl (C=O) groups excluding carboxylic acids is 1. The minimum atomic E-state index is -0.790. The lowest BCUT2D eigenvalue weighted by molar-refractivity contribution is -0.137. The fourth-order valence-electron chi connectivity index (χ4n) is 3.48. The number of carboxylic acid groups (broad SMARTS) is 1. The van der Waals surface area contributed by atoms with Crippen molar-refractivity contribution in [1.29, 1.82) is 0 Å². The van der Waals surface area contributed by atoms with Crippen LogP contribution in [0.3, 0.4) is 0 Å². The number of carbonyl (C=O) groups is 2. The minimum Gasteiger partial charge on any atom is -0.481 e. The van der Waals surface area contributed by atoms with E-state index in [9.17, 15) is 19.8 Å². The van der Waals surface area contributed by atoms with Crippen molar-refractivity contribution < 1.29 is 24.9 Å². The largest absolute Gasteiger partial charge is 0.481 e. The molecule has 1 saturated carbocycles. The van der Waals surface area contributed by atoms with E-state index in [-0.39, 0.29) is 24.0 Å². The van der Waals surface area contributed by atoms with Gasteiger partial charge in [-0.1, -0.05) is 44.1 Å². The summed E-state index contributed by atoms with van der Waals surface area (Å²) in [6, 6.07) is 0. The topological polar surface area (TPSA) is 94.8 Å². The maximum atomic E-state index is 11.8. The molecule has 1 rings (SSSR count). The standard InChI is InChI=1S/C21H34O5/c1-2-3-6-10-16(22)11-9-13-18-17(19(23)15-20(18)24)12-7-4-5-8-14-21(25)26/h4,7,9,13,17-20,23-24H,2-3,5-6,8,10-12,14-15H2,1H3,(H,25,26)/t17-,18-,19+,20-/m1/s1. The predicted octanol–water partition coefficient (Wildman–Crippen LogP) is 3.64. The monoisotopic (exact) mass is 366 g/mol. The Balaban J connectivity index is 2.43. The molecule has 0 unspecified atom stereocenters. The number of ketones is 1. The highest BCUT2D eigenvalue weighted by atomic mass is 16.4. The van der Waals surface area contributed by atoms with E-state index in [4.69, 9.17) is 5.11 Å². The molecule has 3 N–H and O–H groups in total. The molecule has 0 amide bonds. The summed E-state index contributed by atoms with van der Waals surface area (Å²) in [6.45, 7) is 2.11. The molecule has 0 bridgehead atoms. The van der Waals surface area contributed by atoms with E-state index in [0.717, 1.165) is 19.3 Å². The van der Waals surface area contributed by atoms with Crippen LogP contribution in [0.5, 0.6) is 0 Å². The van der Waals surface area contributed by atoms with E-state index >= 15 is 0 Å². The zero-order valence-electron chi connectivity index (χ0n) is 15.8. The third-order valence-electron chi connectivity index (χ3n) is 5.02. The molecule has 0 aliphatic heterocycles. The van der Waals surface area contributed by atoms with E-state index in [2.05, 4.69) is 6.92 Å². The molecule has 4 atom stereocenters. The fraction of sp³-hybridized carbons (Fsp3) is 0.714. The van der Waals surface area contributed by atoms with Gasteiger partial charge in [-0.15, -0.1) is 0 Å². The third kappa shape index (κ3) is 8.77. The first-order valence-electron chi connectivity index (χ1n) is 9.87. The van der Waals surface area contributed by atoms with E-state index in [1.165, 1.54) is 0 Å². The summed E-state index contributed by atoms with van der Waals surface area (Å²) in [5.41, 5.74) is 0. The summed E-state index contributed by atoms with van der Waals surface area (Å²) in [6.07, 6.45) is 13.1. The van der Waals surface area contributed by atoms with E-state index in [0.29, 0.717) is 38.5 Å². The van der Waals surface area contributed by atoms with Crippen LogP contribution >= 0.6 is 0 Å². The van der Waals surface area contributed by atoms with Crippen molar-refractivity contribution in [2.45, 2.75) is 83.3 Å². The van der Waals surface area contributed by atoms with Crippen molar-refractivity contribution in [3.63, 3.8) is 0 Å². The Morgan fingerprint density at radius 2 is 1.77 bits per heavy atom. The number of unbranched alkanes of at least 4 members (excludes halogenated alkanes) is 3. The number of rotatable bonds is 13. The number of hydrogen-bond donors (Lipinski definition) is 3. The number of aliphatic hydroxyl groups is 2. The SMILES string of the molecule is CCCCCC(=O)CC=C[C@@H]1[C@@H](CC=CCCCC(=O)O)[C@@H](O)C[C@H]1O. The van der Waals surface area contributed by atoms with Gasteiger partial charge in [0.1, 0.15) is 5.78 Å². The van der Waals surface area contributed by atoms with Crippen LogP contribution in [0.25, 0.3) is 0 Å². The molecule has 0 aromatic carbocycles. The van der Waals surface area contributed by atoms with E-state index in [1.54, 1.807) is 0 Å². The van der Waals surface area contributed by atoms with Gasteiger partial charge in [0.25, 0.3) is 0 Å². The van der Waals surface area contributed by atoms with Gasteiger partial charge in [0.15, 0.2) is 0 Å². The van der Waals surface area contributed by atoms with Gasteiger partial charge in [-0.25, -0.2) is 0 Å². The Labute approximate surface area is 156 Å². The van der Waals surface area contributed by atoms with Gasteiger partial charge in [0.05, 0.1) is 12.2 Å². The van der Waals surface area contributed by atoms with Crippen LogP contribution in [0.1, 0.15) is 71.1 Å². The van der Waals surface area contributed by atoms with Gasteiger partial charge in [-0.2, -0.15) is 0 Å². The number of Topliss-reactive ketones (excluding diaryl/α,β-unsaturated/α-hetero) is 1. The van der Waals surface area contributed by atoms with Crippen LogP contribution in [0.4, 0.5) is 0 Å². The first-order chi connectivity index (χ1) is 12.5. The van der Waals surface area contributed by atoms with E-state index in [1.807, 2.05) is 24.3 Å². The van der Waals surface area contributed by atoms with Gasteiger partial charge in [0.2, 0.25) is 0 Å². The van der Waals surface area contributed by atoms with Crippen LogP contribution in [0.2, 0.25) is 0 Å². The summed E-state index contributed by atoms with van der Waals surface area (Å²) >= 11 is 0. The van der Waals surface area contributed by atoms with Crippen LogP contribution in [0.15, 0.2) is 24.3 Å². The predicted molar refractivity (Wildman–Crippen MR) is 102 cm³/mol. The molecule has 0 heterocycles. The first kappa shape index (κ1) is 22.6. The molecule has 26 heavy (non-hydrogen) atoms. The quantitative estimate of drug-likeness (QED) is 0.342. The van der Waals surface area contributed by atoms with Crippen molar-refractivity contribution in [2.24, 2.45) is 11.8 Å².